The smallest absolute Gasteiger partial charge is 0.137 e. The number of aliphatic hydroxyl groups is 1. The fourth-order valence-electron chi connectivity index (χ4n) is 1.55. The molecular weight excluding hydrogens is 228 g/mol. The van der Waals surface area contributed by atoms with E-state index in [0.717, 1.165) is 18.8 Å². The highest BCUT2D eigenvalue weighted by Crippen LogP contribution is 2.30. The van der Waals surface area contributed by atoms with Crippen LogP contribution in [0, 0.1) is 5.41 Å². The number of rotatable bonds is 4. The molecule has 16 heavy (non-hydrogen) atoms. The Hall–Kier alpha value is -0.770. The quantitative estimate of drug-likeness (QED) is 0.880. The van der Waals surface area contributed by atoms with Crippen molar-refractivity contribution in [3.05, 3.63) is 28.8 Å². The maximum atomic E-state index is 8.94. The van der Waals surface area contributed by atoms with Crippen LogP contribution in [-0.2, 0) is 11.3 Å². The third kappa shape index (κ3) is 2.48. The van der Waals surface area contributed by atoms with Gasteiger partial charge in [-0.1, -0.05) is 24.6 Å². The third-order valence-corrected chi connectivity index (χ3v) is 2.95. The molecule has 1 aromatic rings. The van der Waals surface area contributed by atoms with E-state index in [1.165, 1.54) is 0 Å². The molecule has 0 unspecified atom stereocenters. The Balaban J connectivity index is 1.98. The minimum absolute atomic E-state index is 0.00838. The van der Waals surface area contributed by atoms with Crippen molar-refractivity contribution in [2.24, 2.45) is 5.41 Å². The lowest BCUT2D eigenvalue weighted by molar-refractivity contribution is -0.120. The zero-order chi connectivity index (χ0) is 11.6. The van der Waals surface area contributed by atoms with Crippen molar-refractivity contribution in [2.75, 3.05) is 19.8 Å². The first-order valence-electron chi connectivity index (χ1n) is 5.23. The maximum Gasteiger partial charge on any atom is 0.137 e. The van der Waals surface area contributed by atoms with Gasteiger partial charge in [0.25, 0.3) is 0 Å². The molecule has 0 spiro atoms. The normalized spacial score (nSPS) is 17.9. The molecule has 1 N–H and O–H groups in total. The average Bonchev–Trinajstić information content (AvgIpc) is 2.25. The molecule has 2 rings (SSSR count). The minimum Gasteiger partial charge on any atom is -0.491 e. The SMILES string of the molecule is CC1(COc2ccc(CO)cc2Cl)COC1. The van der Waals surface area contributed by atoms with E-state index in [0.29, 0.717) is 17.4 Å². The lowest BCUT2D eigenvalue weighted by Gasteiger charge is -2.37. The Morgan fingerprint density at radius 1 is 1.50 bits per heavy atom. The summed E-state index contributed by atoms with van der Waals surface area (Å²) in [5.74, 6) is 0.659. The van der Waals surface area contributed by atoms with Crippen LogP contribution < -0.4 is 4.74 Å². The first kappa shape index (κ1) is 11.7. The topological polar surface area (TPSA) is 38.7 Å². The van der Waals surface area contributed by atoms with Crippen molar-refractivity contribution in [1.29, 1.82) is 0 Å². The monoisotopic (exact) mass is 242 g/mol. The summed E-state index contributed by atoms with van der Waals surface area (Å²) >= 11 is 6.03. The van der Waals surface area contributed by atoms with Gasteiger partial charge in [0, 0.05) is 5.41 Å². The van der Waals surface area contributed by atoms with E-state index in [1.807, 2.05) is 0 Å². The molecule has 1 fully saturated rings. The van der Waals surface area contributed by atoms with Gasteiger partial charge in [-0.3, -0.25) is 0 Å². The number of hydrogen-bond donors (Lipinski definition) is 1. The van der Waals surface area contributed by atoms with Crippen molar-refractivity contribution in [2.45, 2.75) is 13.5 Å². The fraction of sp³-hybridized carbons (Fsp3) is 0.500. The van der Waals surface area contributed by atoms with E-state index < -0.39 is 0 Å². The summed E-state index contributed by atoms with van der Waals surface area (Å²) in [7, 11) is 0. The van der Waals surface area contributed by atoms with E-state index in [-0.39, 0.29) is 12.0 Å². The van der Waals surface area contributed by atoms with Crippen LogP contribution >= 0.6 is 11.6 Å². The van der Waals surface area contributed by atoms with Crippen molar-refractivity contribution in [3.8, 4) is 5.75 Å². The second kappa shape index (κ2) is 4.62. The summed E-state index contributed by atoms with van der Waals surface area (Å²) in [5, 5.41) is 9.48. The predicted octanol–water partition coefficient (Wildman–Crippen LogP) is 2.25. The van der Waals surface area contributed by atoms with Crippen LogP contribution in [0.2, 0.25) is 5.02 Å². The van der Waals surface area contributed by atoms with Gasteiger partial charge in [0.05, 0.1) is 31.5 Å². The van der Waals surface area contributed by atoms with Crippen molar-refractivity contribution in [3.63, 3.8) is 0 Å². The first-order chi connectivity index (χ1) is 7.63. The molecule has 0 bridgehead atoms. The number of ether oxygens (including phenoxy) is 2. The maximum absolute atomic E-state index is 8.94. The summed E-state index contributed by atoms with van der Waals surface area (Å²) in [5.41, 5.74) is 0.898. The average molecular weight is 243 g/mol. The van der Waals surface area contributed by atoms with Gasteiger partial charge in [-0.05, 0) is 17.7 Å². The van der Waals surface area contributed by atoms with Crippen LogP contribution in [0.1, 0.15) is 12.5 Å². The van der Waals surface area contributed by atoms with Crippen LogP contribution in [0.15, 0.2) is 18.2 Å². The molecule has 0 amide bonds. The summed E-state index contributed by atoms with van der Waals surface area (Å²) < 4.78 is 10.8. The van der Waals surface area contributed by atoms with Crippen LogP contribution in [0.3, 0.4) is 0 Å². The summed E-state index contributed by atoms with van der Waals surface area (Å²) in [6, 6.07) is 5.31. The molecule has 0 radical (unpaired) electrons. The van der Waals surface area contributed by atoms with Crippen molar-refractivity contribution >= 4 is 11.6 Å². The fourth-order valence-corrected chi connectivity index (χ4v) is 1.80. The lowest BCUT2D eigenvalue weighted by atomic mass is 9.90. The van der Waals surface area contributed by atoms with Crippen LogP contribution in [0.25, 0.3) is 0 Å². The second-order valence-electron chi connectivity index (χ2n) is 4.52. The first-order valence-corrected chi connectivity index (χ1v) is 5.61. The van der Waals surface area contributed by atoms with Gasteiger partial charge >= 0.3 is 0 Å². The third-order valence-electron chi connectivity index (χ3n) is 2.66. The number of halogens is 1. The Morgan fingerprint density at radius 3 is 2.75 bits per heavy atom. The van der Waals surface area contributed by atoms with Crippen LogP contribution in [0.5, 0.6) is 5.75 Å². The van der Waals surface area contributed by atoms with Gasteiger partial charge in [-0.15, -0.1) is 0 Å². The molecule has 0 saturated carbocycles. The molecule has 1 saturated heterocycles. The van der Waals surface area contributed by atoms with E-state index >= 15 is 0 Å². The van der Waals surface area contributed by atoms with Gasteiger partial charge in [-0.25, -0.2) is 0 Å². The van der Waals surface area contributed by atoms with Crippen LogP contribution in [-0.4, -0.2) is 24.9 Å². The van der Waals surface area contributed by atoms with Crippen molar-refractivity contribution in [1.82, 2.24) is 0 Å². The van der Waals surface area contributed by atoms with E-state index in [4.69, 9.17) is 26.2 Å². The molecule has 1 aromatic carbocycles. The summed E-state index contributed by atoms with van der Waals surface area (Å²) in [6.07, 6.45) is 0. The molecule has 1 aliphatic heterocycles. The molecule has 0 aromatic heterocycles. The Bertz CT molecular complexity index is 375. The molecule has 1 heterocycles. The standard InChI is InChI=1S/C12H15ClO3/c1-12(6-15-7-12)8-16-11-3-2-9(5-14)4-10(11)13/h2-4,14H,5-8H2,1H3. The van der Waals surface area contributed by atoms with Gasteiger partial charge in [0.15, 0.2) is 0 Å². The highest BCUT2D eigenvalue weighted by molar-refractivity contribution is 6.32. The zero-order valence-electron chi connectivity index (χ0n) is 9.20. The molecule has 4 heteroatoms. The van der Waals surface area contributed by atoms with Crippen LogP contribution in [0.4, 0.5) is 0 Å². The Kier molecular flexibility index (Phi) is 3.38. The lowest BCUT2D eigenvalue weighted by Crippen LogP contribution is -2.44. The molecule has 0 atom stereocenters. The second-order valence-corrected chi connectivity index (χ2v) is 4.92. The molecule has 0 aliphatic carbocycles. The Morgan fingerprint density at radius 2 is 2.25 bits per heavy atom. The van der Waals surface area contributed by atoms with Gasteiger partial charge < -0.3 is 14.6 Å². The van der Waals surface area contributed by atoms with E-state index in [2.05, 4.69) is 6.92 Å². The number of aliphatic hydroxyl groups excluding tert-OH is 1. The minimum atomic E-state index is -0.00838. The van der Waals surface area contributed by atoms with Gasteiger partial charge in [-0.2, -0.15) is 0 Å². The molecule has 3 nitrogen and oxygen atoms in total. The van der Waals surface area contributed by atoms with E-state index in [1.54, 1.807) is 18.2 Å². The molecule has 88 valence electrons. The highest BCUT2D eigenvalue weighted by Gasteiger charge is 2.34. The number of hydrogen-bond acceptors (Lipinski definition) is 3. The zero-order valence-corrected chi connectivity index (χ0v) is 9.96. The highest BCUT2D eigenvalue weighted by atomic mass is 35.5. The summed E-state index contributed by atoms with van der Waals surface area (Å²) in [6.45, 7) is 4.18. The predicted molar refractivity (Wildman–Crippen MR) is 61.8 cm³/mol. The Labute approximate surface area is 99.9 Å². The van der Waals surface area contributed by atoms with E-state index in [9.17, 15) is 0 Å². The molecular formula is C12H15ClO3. The largest absolute Gasteiger partial charge is 0.491 e. The van der Waals surface area contributed by atoms with Crippen molar-refractivity contribution < 1.29 is 14.6 Å². The summed E-state index contributed by atoms with van der Waals surface area (Å²) in [4.78, 5) is 0. The van der Waals surface area contributed by atoms with Gasteiger partial charge in [0.2, 0.25) is 0 Å². The molecule has 1 aliphatic rings. The number of benzene rings is 1. The van der Waals surface area contributed by atoms with Gasteiger partial charge in [0.1, 0.15) is 5.75 Å².